The van der Waals surface area contributed by atoms with Gasteiger partial charge in [0.2, 0.25) is 5.95 Å². The van der Waals surface area contributed by atoms with Gasteiger partial charge in [-0.1, -0.05) is 19.1 Å². The number of hydrogen-bond acceptors (Lipinski definition) is 7. The summed E-state index contributed by atoms with van der Waals surface area (Å²) in [6.07, 6.45) is 7.49. The molecule has 0 amide bonds. The number of rotatable bonds is 7. The van der Waals surface area contributed by atoms with Crippen LogP contribution in [-0.4, -0.2) is 44.7 Å². The first-order valence-electron chi connectivity index (χ1n) is 11.0. The minimum Gasteiger partial charge on any atom is -0.494 e. The maximum absolute atomic E-state index is 5.85. The molecule has 8 nitrogen and oxygen atoms in total. The van der Waals surface area contributed by atoms with Crippen molar-refractivity contribution in [2.24, 2.45) is 0 Å². The van der Waals surface area contributed by atoms with Crippen molar-refractivity contribution in [2.75, 3.05) is 29.9 Å². The summed E-state index contributed by atoms with van der Waals surface area (Å²) in [7, 11) is 0. The lowest BCUT2D eigenvalue weighted by Crippen LogP contribution is -2.36. The van der Waals surface area contributed by atoms with Crippen LogP contribution in [0.3, 0.4) is 0 Å². The second kappa shape index (κ2) is 9.32. The minimum absolute atomic E-state index is 0.370. The highest BCUT2D eigenvalue weighted by molar-refractivity contribution is 5.64. The molecule has 0 atom stereocenters. The van der Waals surface area contributed by atoms with E-state index < -0.39 is 0 Å². The van der Waals surface area contributed by atoms with Crippen molar-refractivity contribution >= 4 is 17.5 Å². The Morgan fingerprint density at radius 3 is 2.68 bits per heavy atom. The molecule has 1 N–H and O–H groups in total. The molecule has 164 valence electrons. The van der Waals surface area contributed by atoms with Gasteiger partial charge in [0.25, 0.3) is 0 Å². The predicted molar refractivity (Wildman–Crippen MR) is 122 cm³/mol. The first-order chi connectivity index (χ1) is 15.0. The molecule has 3 heterocycles. The average molecular weight is 422 g/mol. The number of nitrogens with zero attached hydrogens (tertiary/aromatic N) is 6. The Morgan fingerprint density at radius 1 is 1.19 bits per heavy atom. The molecule has 0 unspecified atom stereocenters. The van der Waals surface area contributed by atoms with E-state index in [1.807, 2.05) is 30.1 Å². The van der Waals surface area contributed by atoms with Crippen LogP contribution in [0.2, 0.25) is 0 Å². The number of ether oxygens (including phenoxy) is 1. The number of nitrogens with one attached hydrogen (secondary N) is 1. The van der Waals surface area contributed by atoms with Crippen LogP contribution in [0.5, 0.6) is 5.75 Å². The number of benzene rings is 1. The molecule has 1 saturated heterocycles. The second-order valence-electron chi connectivity index (χ2n) is 8.26. The van der Waals surface area contributed by atoms with E-state index in [0.717, 1.165) is 54.7 Å². The summed E-state index contributed by atoms with van der Waals surface area (Å²) in [5.74, 6) is 2.88. The molecule has 8 heteroatoms. The van der Waals surface area contributed by atoms with E-state index >= 15 is 0 Å². The largest absolute Gasteiger partial charge is 0.494 e. The zero-order chi connectivity index (χ0) is 21.8. The molecule has 0 radical (unpaired) electrons. The van der Waals surface area contributed by atoms with Gasteiger partial charge >= 0.3 is 0 Å². The lowest BCUT2D eigenvalue weighted by molar-refractivity contribution is 0.335. The van der Waals surface area contributed by atoms with Crippen LogP contribution in [0, 0.1) is 6.92 Å². The van der Waals surface area contributed by atoms with E-state index in [1.54, 1.807) is 6.20 Å². The molecule has 0 aliphatic carbocycles. The van der Waals surface area contributed by atoms with Gasteiger partial charge in [-0.05, 0) is 61.9 Å². The third-order valence-electron chi connectivity index (χ3n) is 5.75. The van der Waals surface area contributed by atoms with Crippen molar-refractivity contribution in [2.45, 2.75) is 52.5 Å². The Kier molecular flexibility index (Phi) is 6.34. The molecule has 31 heavy (non-hydrogen) atoms. The second-order valence-corrected chi connectivity index (χ2v) is 8.26. The molecule has 2 aromatic heterocycles. The number of aryl methyl sites for hydroxylation is 1. The summed E-state index contributed by atoms with van der Waals surface area (Å²) in [5.41, 5.74) is 3.36. The molecular formula is C23H31N7O. The maximum atomic E-state index is 5.85. The zero-order valence-corrected chi connectivity index (χ0v) is 18.7. The van der Waals surface area contributed by atoms with Crippen molar-refractivity contribution in [3.05, 3.63) is 47.9 Å². The lowest BCUT2D eigenvalue weighted by Gasteiger charge is -2.31. The SMILES string of the molecule is CCOc1cc(C)c(Nc2ccnc(N3CCC(n4ccnn4)CC3)n2)cc1C(C)C. The van der Waals surface area contributed by atoms with Crippen molar-refractivity contribution in [1.82, 2.24) is 25.0 Å². The summed E-state index contributed by atoms with van der Waals surface area (Å²) < 4.78 is 7.80. The smallest absolute Gasteiger partial charge is 0.227 e. The van der Waals surface area contributed by atoms with Gasteiger partial charge in [-0.2, -0.15) is 4.98 Å². The molecule has 0 spiro atoms. The van der Waals surface area contributed by atoms with Gasteiger partial charge in [0.05, 0.1) is 18.8 Å². The minimum atomic E-state index is 0.370. The molecule has 1 aromatic carbocycles. The molecule has 1 aliphatic rings. The molecule has 4 rings (SSSR count). The molecule has 1 aliphatic heterocycles. The molecule has 1 fully saturated rings. The highest BCUT2D eigenvalue weighted by Crippen LogP contribution is 2.33. The quantitative estimate of drug-likeness (QED) is 0.602. The van der Waals surface area contributed by atoms with Gasteiger partial charge in [0.15, 0.2) is 0 Å². The average Bonchev–Trinajstić information content (AvgIpc) is 3.31. The molecular weight excluding hydrogens is 390 g/mol. The number of piperidine rings is 1. The standard InChI is InChI=1S/C23H31N7O/c1-5-31-21-14-17(4)20(15-19(21)16(2)3)26-22-6-9-24-23(27-22)29-11-7-18(8-12-29)30-13-10-25-28-30/h6,9-10,13-16,18H,5,7-8,11-12H2,1-4H3,(H,24,26,27). The van der Waals surface area contributed by atoms with Gasteiger partial charge in [0, 0.05) is 31.2 Å². The van der Waals surface area contributed by atoms with E-state index in [2.05, 4.69) is 58.4 Å². The van der Waals surface area contributed by atoms with Crippen LogP contribution < -0.4 is 15.0 Å². The highest BCUT2D eigenvalue weighted by atomic mass is 16.5. The topological polar surface area (TPSA) is 81.0 Å². The van der Waals surface area contributed by atoms with Crippen LogP contribution in [0.15, 0.2) is 36.8 Å². The monoisotopic (exact) mass is 421 g/mol. The van der Waals surface area contributed by atoms with E-state index in [9.17, 15) is 0 Å². The summed E-state index contributed by atoms with van der Waals surface area (Å²) in [6, 6.07) is 6.59. The van der Waals surface area contributed by atoms with E-state index in [1.165, 1.54) is 5.56 Å². The summed E-state index contributed by atoms with van der Waals surface area (Å²) in [5, 5.41) is 11.6. The maximum Gasteiger partial charge on any atom is 0.227 e. The first kappa shape index (κ1) is 21.1. The van der Waals surface area contributed by atoms with Crippen LogP contribution in [-0.2, 0) is 0 Å². The van der Waals surface area contributed by atoms with Crippen molar-refractivity contribution in [1.29, 1.82) is 0 Å². The third-order valence-corrected chi connectivity index (χ3v) is 5.75. The molecule has 0 saturated carbocycles. The van der Waals surface area contributed by atoms with Gasteiger partial charge in [-0.15, -0.1) is 5.10 Å². The van der Waals surface area contributed by atoms with Gasteiger partial charge < -0.3 is 15.0 Å². The highest BCUT2D eigenvalue weighted by Gasteiger charge is 2.23. The fourth-order valence-corrected chi connectivity index (χ4v) is 4.02. The van der Waals surface area contributed by atoms with Gasteiger partial charge in [-0.25, -0.2) is 9.67 Å². The van der Waals surface area contributed by atoms with Crippen LogP contribution in [0.25, 0.3) is 0 Å². The van der Waals surface area contributed by atoms with Gasteiger partial charge in [-0.3, -0.25) is 0 Å². The van der Waals surface area contributed by atoms with Crippen molar-refractivity contribution in [3.63, 3.8) is 0 Å². The summed E-state index contributed by atoms with van der Waals surface area (Å²) in [4.78, 5) is 11.6. The first-order valence-corrected chi connectivity index (χ1v) is 11.0. The number of aromatic nitrogens is 5. The van der Waals surface area contributed by atoms with Crippen LogP contribution in [0.1, 0.15) is 56.7 Å². The molecule has 0 bridgehead atoms. The van der Waals surface area contributed by atoms with E-state index in [4.69, 9.17) is 9.72 Å². The van der Waals surface area contributed by atoms with E-state index in [0.29, 0.717) is 18.6 Å². The Balaban J connectivity index is 1.48. The fourth-order valence-electron chi connectivity index (χ4n) is 4.02. The number of hydrogen-bond donors (Lipinski definition) is 1. The van der Waals surface area contributed by atoms with Gasteiger partial charge in [0.1, 0.15) is 11.6 Å². The lowest BCUT2D eigenvalue weighted by atomic mass is 9.99. The van der Waals surface area contributed by atoms with Crippen molar-refractivity contribution < 1.29 is 4.74 Å². The Labute approximate surface area is 183 Å². The summed E-state index contributed by atoms with van der Waals surface area (Å²) >= 11 is 0. The number of anilines is 3. The third kappa shape index (κ3) is 4.78. The van der Waals surface area contributed by atoms with Crippen LogP contribution in [0.4, 0.5) is 17.5 Å². The Hall–Kier alpha value is -3.16. The van der Waals surface area contributed by atoms with Crippen molar-refractivity contribution in [3.8, 4) is 5.75 Å². The zero-order valence-electron chi connectivity index (χ0n) is 18.7. The fraction of sp³-hybridized carbons (Fsp3) is 0.478. The Bertz CT molecular complexity index is 995. The summed E-state index contributed by atoms with van der Waals surface area (Å²) in [6.45, 7) is 10.9. The molecule has 3 aromatic rings. The van der Waals surface area contributed by atoms with Crippen LogP contribution >= 0.6 is 0 Å². The predicted octanol–water partition coefficient (Wildman–Crippen LogP) is 4.48. The Morgan fingerprint density at radius 2 is 2.00 bits per heavy atom. The normalized spacial score (nSPS) is 14.8. The van der Waals surface area contributed by atoms with E-state index in [-0.39, 0.29) is 0 Å².